The number of fused-ring (bicyclic) bond motifs is 4. The van der Waals surface area contributed by atoms with Gasteiger partial charge in [0.2, 0.25) is 0 Å². The van der Waals surface area contributed by atoms with Gasteiger partial charge in [-0.05, 0) is 90.8 Å². The molecule has 0 amide bonds. The van der Waals surface area contributed by atoms with Gasteiger partial charge in [0.25, 0.3) is 10.1 Å². The first-order chi connectivity index (χ1) is 30.2. The lowest BCUT2D eigenvalue weighted by Gasteiger charge is -2.43. The minimum Gasteiger partial charge on any atom is -0.478 e. The summed E-state index contributed by atoms with van der Waals surface area (Å²) in [6.45, 7) is 4.00. The van der Waals surface area contributed by atoms with E-state index < -0.39 is 21.8 Å². The number of aryl methyl sites for hydroxylation is 1. The summed E-state index contributed by atoms with van der Waals surface area (Å²) in [5, 5.41) is 12.0. The monoisotopic (exact) mass is 860 g/mol. The summed E-state index contributed by atoms with van der Waals surface area (Å²) < 4.78 is 42.3. The van der Waals surface area contributed by atoms with Crippen LogP contribution in [0, 0.1) is 0 Å². The summed E-state index contributed by atoms with van der Waals surface area (Å²) in [6, 6.07) is 32.0. The number of thioether (sulfide) groups is 1. The van der Waals surface area contributed by atoms with E-state index in [4.69, 9.17) is 4.74 Å². The van der Waals surface area contributed by atoms with Crippen LogP contribution in [0.4, 0.5) is 11.4 Å². The molecule has 0 atom stereocenters. The molecule has 2 N–H and O–H groups in total. The molecule has 0 spiro atoms. The van der Waals surface area contributed by atoms with Crippen LogP contribution in [0.3, 0.4) is 0 Å². The minimum absolute atomic E-state index is 0.0584. The fraction of sp³-hybridized carbons (Fsp3) is 0.288. The van der Waals surface area contributed by atoms with Crippen LogP contribution in [0.15, 0.2) is 102 Å². The van der Waals surface area contributed by atoms with Crippen LogP contribution in [0.25, 0.3) is 44.5 Å². The number of aromatic carboxylic acids is 1. The highest BCUT2D eigenvalue weighted by atomic mass is 32.2. The molecule has 0 unspecified atom stereocenters. The number of benzene rings is 6. The Bertz CT molecular complexity index is 2900. The predicted molar refractivity (Wildman–Crippen MR) is 249 cm³/mol. The van der Waals surface area contributed by atoms with Gasteiger partial charge in [-0.25, -0.2) is 4.79 Å². The van der Waals surface area contributed by atoms with E-state index in [0.717, 1.165) is 138 Å². The molecule has 0 aromatic heterocycles. The smallest absolute Gasteiger partial charge is 0.337 e. The molecule has 314 valence electrons. The van der Waals surface area contributed by atoms with Crippen molar-refractivity contribution in [2.45, 2.75) is 62.7 Å². The standard InChI is InChI=1S/C52H48N2O6S2/c55-52(56)46-41(32-14-4-1-5-15-32)42(33-16-6-2-7-17-33)51(61-28-29-62(57,58)59)43(34-18-8-3-9-19-34)45(46)44-37-21-11-26-54-27-13-23-39(48(37)54)50-40(44)31-36-30-35-20-10-24-53-25-12-22-38(47(35)53)49(36)60-50/h1-9,14-19,30H,10-13,20-29,31H2,(H,55,56)(H,57,58,59). The largest absolute Gasteiger partial charge is 0.478 e. The molecule has 0 fully saturated rings. The van der Waals surface area contributed by atoms with E-state index in [1.807, 2.05) is 91.0 Å². The van der Waals surface area contributed by atoms with Crippen LogP contribution < -0.4 is 14.5 Å². The van der Waals surface area contributed by atoms with Crippen LogP contribution in [-0.2, 0) is 42.2 Å². The highest BCUT2D eigenvalue weighted by Crippen LogP contribution is 2.59. The third-order valence-corrected chi connectivity index (χ3v) is 15.6. The molecular weight excluding hydrogens is 813 g/mol. The average Bonchev–Trinajstić information content (AvgIpc) is 3.29. The van der Waals surface area contributed by atoms with Crippen LogP contribution >= 0.6 is 11.8 Å². The van der Waals surface area contributed by atoms with E-state index >= 15 is 0 Å². The molecule has 5 aliphatic rings. The molecule has 62 heavy (non-hydrogen) atoms. The quantitative estimate of drug-likeness (QED) is 0.108. The number of rotatable bonds is 9. The van der Waals surface area contributed by atoms with Crippen molar-refractivity contribution in [3.05, 3.63) is 136 Å². The van der Waals surface area contributed by atoms with Gasteiger partial charge in [0.1, 0.15) is 11.5 Å². The zero-order valence-corrected chi connectivity index (χ0v) is 36.2. The molecule has 0 saturated carbocycles. The van der Waals surface area contributed by atoms with Crippen LogP contribution in [0.5, 0.6) is 11.5 Å². The molecule has 0 saturated heterocycles. The second-order valence-electron chi connectivity index (χ2n) is 17.2. The maximum absolute atomic E-state index is 14.7. The first-order valence-electron chi connectivity index (χ1n) is 22.0. The molecule has 0 radical (unpaired) electrons. The van der Waals surface area contributed by atoms with Crippen molar-refractivity contribution in [3.63, 3.8) is 0 Å². The van der Waals surface area contributed by atoms with Gasteiger partial charge in [0.05, 0.1) is 11.3 Å². The molecule has 5 aliphatic heterocycles. The van der Waals surface area contributed by atoms with Gasteiger partial charge in [-0.1, -0.05) is 91.0 Å². The number of carboxylic acid groups (broad SMARTS) is 1. The summed E-state index contributed by atoms with van der Waals surface area (Å²) in [7, 11) is -4.31. The van der Waals surface area contributed by atoms with Gasteiger partial charge >= 0.3 is 5.97 Å². The molecule has 11 rings (SSSR count). The predicted octanol–water partition coefficient (Wildman–Crippen LogP) is 11.1. The fourth-order valence-electron chi connectivity index (χ4n) is 11.3. The van der Waals surface area contributed by atoms with E-state index in [1.165, 1.54) is 45.4 Å². The van der Waals surface area contributed by atoms with E-state index in [2.05, 4.69) is 15.9 Å². The van der Waals surface area contributed by atoms with Crippen LogP contribution in [0.2, 0.25) is 0 Å². The zero-order valence-electron chi connectivity index (χ0n) is 34.6. The van der Waals surface area contributed by atoms with E-state index in [1.54, 1.807) is 0 Å². The Hall–Kier alpha value is -5.55. The molecule has 0 aliphatic carbocycles. The Morgan fingerprint density at radius 3 is 1.69 bits per heavy atom. The first kappa shape index (κ1) is 39.3. The van der Waals surface area contributed by atoms with Gasteiger partial charge in [-0.3, -0.25) is 4.55 Å². The summed E-state index contributed by atoms with van der Waals surface area (Å²) in [5.41, 5.74) is 16.1. The number of carboxylic acids is 1. The number of hydrogen-bond donors (Lipinski definition) is 2. The summed E-state index contributed by atoms with van der Waals surface area (Å²) in [6.07, 6.45) is 8.47. The van der Waals surface area contributed by atoms with Crippen molar-refractivity contribution in [2.75, 3.05) is 47.5 Å². The molecule has 10 heteroatoms. The van der Waals surface area contributed by atoms with Crippen molar-refractivity contribution in [1.82, 2.24) is 0 Å². The minimum atomic E-state index is -4.31. The molecule has 6 aromatic carbocycles. The first-order valence-corrected chi connectivity index (χ1v) is 24.6. The Morgan fingerprint density at radius 1 is 0.597 bits per heavy atom. The van der Waals surface area contributed by atoms with Crippen LogP contribution in [-0.4, -0.2) is 61.7 Å². The third kappa shape index (κ3) is 6.61. The van der Waals surface area contributed by atoms with Gasteiger partial charge in [0.15, 0.2) is 0 Å². The van der Waals surface area contributed by atoms with Crippen molar-refractivity contribution in [3.8, 4) is 56.0 Å². The molecule has 5 heterocycles. The van der Waals surface area contributed by atoms with Gasteiger partial charge in [-0.15, -0.1) is 11.8 Å². The highest BCUT2D eigenvalue weighted by molar-refractivity contribution is 8.00. The van der Waals surface area contributed by atoms with Gasteiger partial charge in [0, 0.05) is 99.1 Å². The third-order valence-electron chi connectivity index (χ3n) is 13.6. The number of carbonyl (C=O) groups is 1. The van der Waals surface area contributed by atoms with Crippen molar-refractivity contribution < 1.29 is 27.6 Å². The average molecular weight is 861 g/mol. The maximum atomic E-state index is 14.7. The zero-order chi connectivity index (χ0) is 42.1. The van der Waals surface area contributed by atoms with Crippen LogP contribution in [0.1, 0.15) is 69.4 Å². The lowest BCUT2D eigenvalue weighted by atomic mass is 9.74. The summed E-state index contributed by atoms with van der Waals surface area (Å²) in [4.78, 5) is 20.5. The SMILES string of the molecule is O=C(O)c1c(-c2ccccc2)c(-c2ccccc2)c(SCCS(=O)(=O)O)c(-c2ccccc2)c1-c1c2c(c3c4c1CCCN4CCC3)Oc1c(cc3c4c1CCCN4CCC3)C2. The molecule has 6 aromatic rings. The van der Waals surface area contributed by atoms with Crippen molar-refractivity contribution >= 4 is 39.2 Å². The fourth-order valence-corrected chi connectivity index (χ4v) is 13.4. The van der Waals surface area contributed by atoms with Crippen molar-refractivity contribution in [2.24, 2.45) is 0 Å². The highest BCUT2D eigenvalue weighted by Gasteiger charge is 2.41. The van der Waals surface area contributed by atoms with E-state index in [9.17, 15) is 22.9 Å². The molecule has 0 bridgehead atoms. The summed E-state index contributed by atoms with van der Waals surface area (Å²) >= 11 is 1.36. The Morgan fingerprint density at radius 2 is 1.11 bits per heavy atom. The Balaban J connectivity index is 1.31. The number of anilines is 2. The lowest BCUT2D eigenvalue weighted by molar-refractivity contribution is 0.0698. The Labute approximate surface area is 367 Å². The second kappa shape index (κ2) is 15.7. The number of ether oxygens (including phenoxy) is 1. The summed E-state index contributed by atoms with van der Waals surface area (Å²) in [5.74, 6) is 0.435. The lowest BCUT2D eigenvalue weighted by Crippen LogP contribution is -2.36. The topological polar surface area (TPSA) is 107 Å². The second-order valence-corrected chi connectivity index (χ2v) is 19.9. The van der Waals surface area contributed by atoms with E-state index in [0.29, 0.717) is 17.5 Å². The van der Waals surface area contributed by atoms with E-state index in [-0.39, 0.29) is 11.3 Å². The number of nitrogens with zero attached hydrogens (tertiary/aromatic N) is 2. The molecule has 8 nitrogen and oxygen atoms in total. The van der Waals surface area contributed by atoms with Gasteiger partial charge < -0.3 is 19.6 Å². The van der Waals surface area contributed by atoms with Gasteiger partial charge in [-0.2, -0.15) is 8.42 Å². The maximum Gasteiger partial charge on any atom is 0.337 e. The molecular formula is C52H48N2O6S2. The Kier molecular flexibility index (Phi) is 9.93. The number of hydrogen-bond acceptors (Lipinski definition) is 7. The van der Waals surface area contributed by atoms with Crippen molar-refractivity contribution in [1.29, 1.82) is 0 Å². The normalized spacial score (nSPS) is 16.1.